The minimum atomic E-state index is -0.693. The van der Waals surface area contributed by atoms with Crippen molar-refractivity contribution in [1.82, 2.24) is 10.2 Å². The predicted octanol–water partition coefficient (Wildman–Crippen LogP) is 3.76. The van der Waals surface area contributed by atoms with Crippen molar-refractivity contribution in [3.63, 3.8) is 0 Å². The molecule has 1 N–H and O–H groups in total. The van der Waals surface area contributed by atoms with Gasteiger partial charge < -0.3 is 19.7 Å². The largest absolute Gasteiger partial charge is 0.497 e. The molecule has 3 aromatic rings. The van der Waals surface area contributed by atoms with Crippen LogP contribution in [0.3, 0.4) is 0 Å². The second-order valence-corrected chi connectivity index (χ2v) is 7.63. The second kappa shape index (κ2) is 9.56. The van der Waals surface area contributed by atoms with Gasteiger partial charge in [-0.2, -0.15) is 0 Å². The SMILES string of the molecule is COc1ccc(CN2C(=O)c3ccccc3[C@@H]2C(=O)NCCc2ccccc2)c(OC)c1. The molecule has 32 heavy (non-hydrogen) atoms. The summed E-state index contributed by atoms with van der Waals surface area (Å²) in [7, 11) is 3.16. The van der Waals surface area contributed by atoms with Crippen molar-refractivity contribution in [2.24, 2.45) is 0 Å². The van der Waals surface area contributed by atoms with Crippen molar-refractivity contribution in [2.75, 3.05) is 20.8 Å². The standard InChI is InChI=1S/C26H26N2O4/c1-31-20-13-12-19(23(16-20)32-2)17-28-24(21-10-6-7-11-22(21)26(28)30)25(29)27-15-14-18-8-4-3-5-9-18/h3-13,16,24H,14-15,17H2,1-2H3,(H,27,29)/t24-/m1/s1. The Morgan fingerprint density at radius 3 is 2.47 bits per heavy atom. The summed E-state index contributed by atoms with van der Waals surface area (Å²) in [6.07, 6.45) is 0.723. The van der Waals surface area contributed by atoms with Gasteiger partial charge in [0.25, 0.3) is 5.91 Å². The lowest BCUT2D eigenvalue weighted by atomic mass is 10.0. The minimum Gasteiger partial charge on any atom is -0.497 e. The molecule has 0 radical (unpaired) electrons. The molecule has 0 fully saturated rings. The Morgan fingerprint density at radius 1 is 0.969 bits per heavy atom. The number of ether oxygens (including phenoxy) is 2. The molecule has 0 saturated heterocycles. The van der Waals surface area contributed by atoms with E-state index < -0.39 is 6.04 Å². The summed E-state index contributed by atoms with van der Waals surface area (Å²) in [6, 6.07) is 22.0. The van der Waals surface area contributed by atoms with Gasteiger partial charge in [0.2, 0.25) is 5.91 Å². The maximum atomic E-state index is 13.2. The van der Waals surface area contributed by atoms with Gasteiger partial charge in [-0.1, -0.05) is 48.5 Å². The fourth-order valence-corrected chi connectivity index (χ4v) is 4.05. The summed E-state index contributed by atoms with van der Waals surface area (Å²) in [4.78, 5) is 28.1. The van der Waals surface area contributed by atoms with Gasteiger partial charge in [-0.05, 0) is 35.7 Å². The van der Waals surface area contributed by atoms with Crippen LogP contribution in [0.4, 0.5) is 0 Å². The maximum absolute atomic E-state index is 13.2. The van der Waals surface area contributed by atoms with Crippen LogP contribution in [0.15, 0.2) is 72.8 Å². The van der Waals surface area contributed by atoms with E-state index >= 15 is 0 Å². The fourth-order valence-electron chi connectivity index (χ4n) is 4.05. The summed E-state index contributed by atoms with van der Waals surface area (Å²) >= 11 is 0. The smallest absolute Gasteiger partial charge is 0.255 e. The topological polar surface area (TPSA) is 67.9 Å². The van der Waals surface area contributed by atoms with E-state index in [1.54, 1.807) is 31.3 Å². The highest BCUT2D eigenvalue weighted by Crippen LogP contribution is 2.36. The quantitative estimate of drug-likeness (QED) is 0.591. The lowest BCUT2D eigenvalue weighted by Crippen LogP contribution is -2.39. The number of carbonyl (C=O) groups is 2. The molecule has 2 amide bonds. The predicted molar refractivity (Wildman–Crippen MR) is 122 cm³/mol. The van der Waals surface area contributed by atoms with Crippen LogP contribution in [-0.4, -0.2) is 37.5 Å². The van der Waals surface area contributed by atoms with Gasteiger partial charge in [0, 0.05) is 23.7 Å². The van der Waals surface area contributed by atoms with Gasteiger partial charge in [-0.15, -0.1) is 0 Å². The van der Waals surface area contributed by atoms with Crippen molar-refractivity contribution < 1.29 is 19.1 Å². The van der Waals surface area contributed by atoms with Crippen molar-refractivity contribution in [3.05, 3.63) is 95.1 Å². The Morgan fingerprint density at radius 2 is 1.72 bits per heavy atom. The highest BCUT2D eigenvalue weighted by Gasteiger charge is 2.41. The molecule has 0 aliphatic carbocycles. The molecule has 0 unspecified atom stereocenters. The summed E-state index contributed by atoms with van der Waals surface area (Å²) in [5.74, 6) is 0.918. The normalized spacial score (nSPS) is 14.8. The van der Waals surface area contributed by atoms with Crippen molar-refractivity contribution in [3.8, 4) is 11.5 Å². The van der Waals surface area contributed by atoms with Gasteiger partial charge in [-0.3, -0.25) is 9.59 Å². The highest BCUT2D eigenvalue weighted by atomic mass is 16.5. The molecular weight excluding hydrogens is 404 g/mol. The molecule has 6 nitrogen and oxygen atoms in total. The van der Waals surface area contributed by atoms with E-state index in [-0.39, 0.29) is 18.4 Å². The summed E-state index contributed by atoms with van der Waals surface area (Å²) in [5.41, 5.74) is 3.23. The summed E-state index contributed by atoms with van der Waals surface area (Å²) in [6.45, 7) is 0.743. The fraction of sp³-hybridized carbons (Fsp3) is 0.231. The molecule has 0 bridgehead atoms. The number of hydrogen-bond acceptors (Lipinski definition) is 4. The van der Waals surface area contributed by atoms with E-state index in [0.29, 0.717) is 23.6 Å². The molecule has 1 aliphatic rings. The summed E-state index contributed by atoms with van der Waals surface area (Å²) < 4.78 is 10.8. The zero-order valence-electron chi connectivity index (χ0n) is 18.2. The van der Waals surface area contributed by atoms with Crippen LogP contribution >= 0.6 is 0 Å². The first-order chi connectivity index (χ1) is 15.6. The number of amides is 2. The lowest BCUT2D eigenvalue weighted by molar-refractivity contribution is -0.125. The van der Waals surface area contributed by atoms with Gasteiger partial charge in [-0.25, -0.2) is 0 Å². The molecule has 1 aliphatic heterocycles. The van der Waals surface area contributed by atoms with Crippen LogP contribution in [0.1, 0.15) is 33.1 Å². The monoisotopic (exact) mass is 430 g/mol. The molecule has 0 spiro atoms. The maximum Gasteiger partial charge on any atom is 0.255 e. The second-order valence-electron chi connectivity index (χ2n) is 7.63. The van der Waals surface area contributed by atoms with Crippen LogP contribution in [-0.2, 0) is 17.8 Å². The number of nitrogens with zero attached hydrogens (tertiary/aromatic N) is 1. The zero-order valence-corrected chi connectivity index (χ0v) is 18.2. The van der Waals surface area contributed by atoms with Crippen LogP contribution in [0.25, 0.3) is 0 Å². The molecule has 6 heteroatoms. The van der Waals surface area contributed by atoms with E-state index in [4.69, 9.17) is 9.47 Å². The van der Waals surface area contributed by atoms with E-state index in [9.17, 15) is 9.59 Å². The van der Waals surface area contributed by atoms with Gasteiger partial charge in [0.05, 0.1) is 20.8 Å². The number of fused-ring (bicyclic) bond motifs is 1. The zero-order chi connectivity index (χ0) is 22.5. The molecule has 1 heterocycles. The van der Waals surface area contributed by atoms with Crippen molar-refractivity contribution in [1.29, 1.82) is 0 Å². The van der Waals surface area contributed by atoms with Crippen LogP contribution in [0, 0.1) is 0 Å². The van der Waals surface area contributed by atoms with E-state index in [2.05, 4.69) is 5.32 Å². The molecule has 0 aromatic heterocycles. The Kier molecular flexibility index (Phi) is 6.40. The minimum absolute atomic E-state index is 0.165. The summed E-state index contributed by atoms with van der Waals surface area (Å²) in [5, 5.41) is 3.01. The van der Waals surface area contributed by atoms with Crippen LogP contribution in [0.2, 0.25) is 0 Å². The number of nitrogens with one attached hydrogen (secondary N) is 1. The van der Waals surface area contributed by atoms with E-state index in [0.717, 1.165) is 23.1 Å². The Labute approximate surface area is 187 Å². The molecule has 1 atom stereocenters. The number of methoxy groups -OCH3 is 2. The van der Waals surface area contributed by atoms with Gasteiger partial charge >= 0.3 is 0 Å². The first-order valence-electron chi connectivity index (χ1n) is 10.5. The van der Waals surface area contributed by atoms with E-state index in [1.807, 2.05) is 60.7 Å². The Bertz CT molecular complexity index is 1110. The van der Waals surface area contributed by atoms with Crippen LogP contribution < -0.4 is 14.8 Å². The Balaban J connectivity index is 1.56. The van der Waals surface area contributed by atoms with E-state index in [1.165, 1.54) is 0 Å². The van der Waals surface area contributed by atoms with Crippen LogP contribution in [0.5, 0.6) is 11.5 Å². The molecule has 0 saturated carbocycles. The average Bonchev–Trinajstić information content (AvgIpc) is 3.11. The molecule has 3 aromatic carbocycles. The number of hydrogen-bond donors (Lipinski definition) is 1. The van der Waals surface area contributed by atoms with Gasteiger partial charge in [0.15, 0.2) is 0 Å². The number of carbonyl (C=O) groups excluding carboxylic acids is 2. The third kappa shape index (κ3) is 4.30. The third-order valence-corrected chi connectivity index (χ3v) is 5.70. The first kappa shape index (κ1) is 21.4. The van der Waals surface area contributed by atoms with Crippen molar-refractivity contribution in [2.45, 2.75) is 19.0 Å². The van der Waals surface area contributed by atoms with Gasteiger partial charge in [0.1, 0.15) is 17.5 Å². The average molecular weight is 431 g/mol. The Hall–Kier alpha value is -3.80. The molecular formula is C26H26N2O4. The third-order valence-electron chi connectivity index (χ3n) is 5.70. The van der Waals surface area contributed by atoms with Crippen molar-refractivity contribution >= 4 is 11.8 Å². The number of rotatable bonds is 8. The first-order valence-corrected chi connectivity index (χ1v) is 10.5. The molecule has 4 rings (SSSR count). The number of benzene rings is 3. The highest BCUT2D eigenvalue weighted by molar-refractivity contribution is 6.04. The lowest BCUT2D eigenvalue weighted by Gasteiger charge is -2.25. The molecule has 164 valence electrons.